The predicted octanol–water partition coefficient (Wildman–Crippen LogP) is -0.186. The van der Waals surface area contributed by atoms with Crippen molar-refractivity contribution in [1.82, 2.24) is 19.5 Å². The molecule has 2 aromatic rings. The highest BCUT2D eigenvalue weighted by molar-refractivity contribution is 7.89. The fourth-order valence-corrected chi connectivity index (χ4v) is 3.45. The molecule has 0 radical (unpaired) electrons. The van der Waals surface area contributed by atoms with Crippen molar-refractivity contribution in [3.05, 3.63) is 28.5 Å². The maximum Gasteiger partial charge on any atom is 0.241 e. The Hall–Kier alpha value is -1.29. The molecule has 0 aliphatic rings. The Morgan fingerprint density at radius 3 is 2.89 bits per heavy atom. The molecule has 0 saturated carbocycles. The van der Waals surface area contributed by atoms with E-state index in [0.29, 0.717) is 12.4 Å². The smallest absolute Gasteiger partial charge is 0.241 e. The molecule has 0 aromatic carbocycles. The molecular formula is C9H13N5O2S2. The highest BCUT2D eigenvalue weighted by atomic mass is 32.2. The van der Waals surface area contributed by atoms with Gasteiger partial charge in [-0.15, -0.1) is 21.5 Å². The second-order valence-electron chi connectivity index (χ2n) is 3.64. The van der Waals surface area contributed by atoms with Crippen LogP contribution in [-0.2, 0) is 30.2 Å². The number of aryl methyl sites for hydroxylation is 1. The minimum atomic E-state index is -3.52. The number of hydrogen-bond acceptors (Lipinski definition) is 6. The van der Waals surface area contributed by atoms with Crippen molar-refractivity contribution >= 4 is 21.4 Å². The summed E-state index contributed by atoms with van der Waals surface area (Å²) in [4.78, 5) is 1.06. The van der Waals surface area contributed by atoms with Gasteiger partial charge in [0.15, 0.2) is 0 Å². The highest BCUT2D eigenvalue weighted by Crippen LogP contribution is 2.18. The standard InChI is InChI=1S/C9H13N5O2S2/c1-14-6-11-13-9(14)4-12-18(15,16)8-2-7(3-10)17-5-8/h2,5-6,12H,3-4,10H2,1H3. The molecule has 9 heteroatoms. The molecule has 98 valence electrons. The monoisotopic (exact) mass is 287 g/mol. The molecule has 2 aromatic heterocycles. The molecule has 3 N–H and O–H groups in total. The number of sulfonamides is 1. The Balaban J connectivity index is 2.10. The lowest BCUT2D eigenvalue weighted by Gasteiger charge is -2.04. The van der Waals surface area contributed by atoms with Crippen LogP contribution in [0, 0.1) is 0 Å². The number of nitrogens with two attached hydrogens (primary N) is 1. The van der Waals surface area contributed by atoms with Crippen LogP contribution in [0.2, 0.25) is 0 Å². The van der Waals surface area contributed by atoms with Crippen LogP contribution >= 0.6 is 11.3 Å². The summed E-state index contributed by atoms with van der Waals surface area (Å²) in [6.45, 7) is 0.441. The summed E-state index contributed by atoms with van der Waals surface area (Å²) in [6, 6.07) is 1.57. The number of hydrogen-bond donors (Lipinski definition) is 2. The topological polar surface area (TPSA) is 103 Å². The van der Waals surface area contributed by atoms with Gasteiger partial charge in [-0.2, -0.15) is 0 Å². The first-order valence-electron chi connectivity index (χ1n) is 5.13. The van der Waals surface area contributed by atoms with Crippen LogP contribution in [0.25, 0.3) is 0 Å². The van der Waals surface area contributed by atoms with Crippen LogP contribution in [0.1, 0.15) is 10.7 Å². The van der Waals surface area contributed by atoms with Crippen LogP contribution in [0.4, 0.5) is 0 Å². The molecule has 0 saturated heterocycles. The van der Waals surface area contributed by atoms with Crippen LogP contribution in [0.5, 0.6) is 0 Å². The Bertz CT molecular complexity index is 631. The molecule has 0 fully saturated rings. The quantitative estimate of drug-likeness (QED) is 0.793. The van der Waals surface area contributed by atoms with E-state index in [-0.39, 0.29) is 11.4 Å². The van der Waals surface area contributed by atoms with Gasteiger partial charge in [0, 0.05) is 23.8 Å². The SMILES string of the molecule is Cn1cnnc1CNS(=O)(=O)c1csc(CN)c1. The number of nitrogens with one attached hydrogen (secondary N) is 1. The van der Waals surface area contributed by atoms with Crippen LogP contribution in [0.15, 0.2) is 22.7 Å². The molecule has 0 atom stereocenters. The van der Waals surface area contributed by atoms with Gasteiger partial charge in [-0.1, -0.05) is 0 Å². The summed E-state index contributed by atoms with van der Waals surface area (Å²) in [5, 5.41) is 9.05. The van der Waals surface area contributed by atoms with E-state index in [1.165, 1.54) is 17.7 Å². The third-order valence-corrected chi connectivity index (χ3v) is 4.86. The summed E-state index contributed by atoms with van der Waals surface area (Å²) in [5.41, 5.74) is 5.45. The number of aromatic nitrogens is 3. The van der Waals surface area contributed by atoms with Crippen molar-refractivity contribution in [3.8, 4) is 0 Å². The van der Waals surface area contributed by atoms with E-state index in [1.807, 2.05) is 0 Å². The van der Waals surface area contributed by atoms with Crippen LogP contribution in [0.3, 0.4) is 0 Å². The first-order chi connectivity index (χ1) is 8.53. The molecule has 18 heavy (non-hydrogen) atoms. The number of thiophene rings is 1. The van der Waals surface area contributed by atoms with E-state index in [0.717, 1.165) is 4.88 Å². The third-order valence-electron chi connectivity index (χ3n) is 2.37. The molecule has 0 amide bonds. The number of nitrogens with zero attached hydrogens (tertiary/aromatic N) is 3. The van der Waals surface area contributed by atoms with E-state index < -0.39 is 10.0 Å². The van der Waals surface area contributed by atoms with Gasteiger partial charge >= 0.3 is 0 Å². The molecule has 0 bridgehead atoms. The van der Waals surface area contributed by atoms with Gasteiger partial charge in [0.2, 0.25) is 10.0 Å². The van der Waals surface area contributed by atoms with E-state index in [1.54, 1.807) is 23.1 Å². The fourth-order valence-electron chi connectivity index (χ4n) is 1.32. The van der Waals surface area contributed by atoms with Gasteiger partial charge in [-0.05, 0) is 6.07 Å². The summed E-state index contributed by atoms with van der Waals surface area (Å²) in [7, 11) is -1.77. The van der Waals surface area contributed by atoms with Crippen molar-refractivity contribution in [1.29, 1.82) is 0 Å². The second-order valence-corrected chi connectivity index (χ2v) is 6.40. The average molecular weight is 287 g/mol. The second kappa shape index (κ2) is 5.14. The largest absolute Gasteiger partial charge is 0.326 e. The van der Waals surface area contributed by atoms with Crippen LogP contribution in [-0.4, -0.2) is 23.2 Å². The molecule has 0 aliphatic carbocycles. The predicted molar refractivity (Wildman–Crippen MR) is 67.2 cm³/mol. The maximum absolute atomic E-state index is 12.0. The van der Waals surface area contributed by atoms with Gasteiger partial charge in [0.05, 0.1) is 11.4 Å². The van der Waals surface area contributed by atoms with Crippen molar-refractivity contribution < 1.29 is 8.42 Å². The Morgan fingerprint density at radius 1 is 1.56 bits per heavy atom. The van der Waals surface area contributed by atoms with Gasteiger partial charge in [0.1, 0.15) is 12.2 Å². The molecule has 2 heterocycles. The maximum atomic E-state index is 12.0. The summed E-state index contributed by atoms with van der Waals surface area (Å²) in [5.74, 6) is 0.549. The lowest BCUT2D eigenvalue weighted by atomic mass is 10.5. The van der Waals surface area contributed by atoms with Gasteiger partial charge in [-0.3, -0.25) is 0 Å². The third kappa shape index (κ3) is 2.75. The molecule has 7 nitrogen and oxygen atoms in total. The first-order valence-corrected chi connectivity index (χ1v) is 7.49. The molecule has 0 spiro atoms. The molecular weight excluding hydrogens is 274 g/mol. The highest BCUT2D eigenvalue weighted by Gasteiger charge is 2.16. The van der Waals surface area contributed by atoms with Crippen molar-refractivity contribution in [2.45, 2.75) is 18.0 Å². The van der Waals surface area contributed by atoms with Gasteiger partial charge in [-0.25, -0.2) is 13.1 Å². The fraction of sp³-hybridized carbons (Fsp3) is 0.333. The first kappa shape index (κ1) is 13.1. The Morgan fingerprint density at radius 2 is 2.33 bits per heavy atom. The van der Waals surface area contributed by atoms with Gasteiger partial charge < -0.3 is 10.3 Å². The zero-order valence-corrected chi connectivity index (χ0v) is 11.3. The normalized spacial score (nSPS) is 11.9. The summed E-state index contributed by atoms with van der Waals surface area (Å²) in [6.07, 6.45) is 1.51. The van der Waals surface area contributed by atoms with E-state index in [4.69, 9.17) is 5.73 Å². The Kier molecular flexibility index (Phi) is 3.76. The molecule has 0 aliphatic heterocycles. The summed E-state index contributed by atoms with van der Waals surface area (Å²) >= 11 is 1.33. The van der Waals surface area contributed by atoms with Crippen molar-refractivity contribution in [2.24, 2.45) is 12.8 Å². The minimum absolute atomic E-state index is 0.104. The zero-order chi connectivity index (χ0) is 13.2. The van der Waals surface area contributed by atoms with Crippen molar-refractivity contribution in [2.75, 3.05) is 0 Å². The average Bonchev–Trinajstić information content (AvgIpc) is 2.95. The molecule has 0 unspecified atom stereocenters. The van der Waals surface area contributed by atoms with Gasteiger partial charge in [0.25, 0.3) is 0 Å². The molecule has 2 rings (SSSR count). The number of rotatable bonds is 5. The zero-order valence-electron chi connectivity index (χ0n) is 9.70. The lowest BCUT2D eigenvalue weighted by Crippen LogP contribution is -2.24. The lowest BCUT2D eigenvalue weighted by molar-refractivity contribution is 0.577. The van der Waals surface area contributed by atoms with Crippen molar-refractivity contribution in [3.63, 3.8) is 0 Å². The van der Waals surface area contributed by atoms with Crippen LogP contribution < -0.4 is 10.5 Å². The van der Waals surface area contributed by atoms with E-state index in [9.17, 15) is 8.42 Å². The van der Waals surface area contributed by atoms with E-state index in [2.05, 4.69) is 14.9 Å². The van der Waals surface area contributed by atoms with E-state index >= 15 is 0 Å². The minimum Gasteiger partial charge on any atom is -0.326 e. The summed E-state index contributed by atoms with van der Waals surface area (Å²) < 4.78 is 28.1. The Labute approximate surface area is 109 Å².